The Labute approximate surface area is 218 Å². The second-order valence-corrected chi connectivity index (χ2v) is 10.8. The van der Waals surface area contributed by atoms with Crippen LogP contribution in [0.15, 0.2) is 61.1 Å². The quantitative estimate of drug-likeness (QED) is 0.530. The van der Waals surface area contributed by atoms with E-state index in [9.17, 15) is 10.1 Å². The number of carbonyl (C=O) groups excluding carboxylic acids is 1. The van der Waals surface area contributed by atoms with Crippen LogP contribution in [0.4, 0.5) is 0 Å². The van der Waals surface area contributed by atoms with E-state index in [1.54, 1.807) is 13.4 Å². The van der Waals surface area contributed by atoms with Gasteiger partial charge in [0.25, 0.3) is 5.91 Å². The highest BCUT2D eigenvalue weighted by Crippen LogP contribution is 2.53. The van der Waals surface area contributed by atoms with Gasteiger partial charge in [-0.25, -0.2) is 4.98 Å². The highest BCUT2D eigenvalue weighted by molar-refractivity contribution is 5.95. The van der Waals surface area contributed by atoms with Crippen LogP contribution in [0.5, 0.6) is 5.75 Å². The normalized spacial score (nSPS) is 25.8. The first-order valence-corrected chi connectivity index (χ1v) is 13.3. The van der Waals surface area contributed by atoms with Gasteiger partial charge < -0.3 is 14.6 Å². The maximum atomic E-state index is 14.0. The van der Waals surface area contributed by atoms with Crippen LogP contribution >= 0.6 is 0 Å². The Hall–Kier alpha value is -3.63. The molecule has 4 atom stereocenters. The fraction of sp³-hybridized carbons (Fsp3) is 0.433. The van der Waals surface area contributed by atoms with Crippen LogP contribution < -0.4 is 4.74 Å². The number of imidazole rings is 1. The Morgan fingerprint density at radius 3 is 2.68 bits per heavy atom. The third-order valence-corrected chi connectivity index (χ3v) is 8.68. The first-order chi connectivity index (χ1) is 18.1. The van der Waals surface area contributed by atoms with Crippen molar-refractivity contribution in [2.45, 2.75) is 43.7 Å². The number of aromatic nitrogens is 2. The average Bonchev–Trinajstić information content (AvgIpc) is 3.31. The molecule has 1 aromatic heterocycles. The van der Waals surface area contributed by atoms with Gasteiger partial charge >= 0.3 is 0 Å². The van der Waals surface area contributed by atoms with Crippen molar-refractivity contribution in [3.8, 4) is 11.8 Å². The molecule has 7 nitrogen and oxygen atoms in total. The van der Waals surface area contributed by atoms with E-state index in [-0.39, 0.29) is 17.9 Å². The van der Waals surface area contributed by atoms with Crippen LogP contribution in [0.25, 0.3) is 0 Å². The van der Waals surface area contributed by atoms with Gasteiger partial charge in [0.05, 0.1) is 31.1 Å². The molecule has 2 aromatic carbocycles. The van der Waals surface area contributed by atoms with Crippen molar-refractivity contribution in [1.29, 1.82) is 5.26 Å². The number of piperazine rings is 1. The fourth-order valence-corrected chi connectivity index (χ4v) is 6.56. The van der Waals surface area contributed by atoms with Crippen LogP contribution in [0.1, 0.15) is 52.4 Å². The fourth-order valence-electron chi connectivity index (χ4n) is 6.56. The summed E-state index contributed by atoms with van der Waals surface area (Å²) in [6, 6.07) is 18.1. The zero-order valence-electron chi connectivity index (χ0n) is 21.2. The topological polar surface area (TPSA) is 85.2 Å². The number of aromatic amines is 1. The lowest BCUT2D eigenvalue weighted by atomic mass is 9.86. The number of benzene rings is 2. The SMILES string of the molecule is COc1cccc(C(=O)N2CCN(C3CC4CC4C3)CC2C(Cc2ccc(C#N)cc2)c2cnc[nH]2)c1. The summed E-state index contributed by atoms with van der Waals surface area (Å²) < 4.78 is 5.41. The summed E-state index contributed by atoms with van der Waals surface area (Å²) in [4.78, 5) is 26.4. The molecule has 3 aliphatic rings. The number of hydrogen-bond acceptors (Lipinski definition) is 5. The largest absolute Gasteiger partial charge is 0.497 e. The predicted octanol–water partition coefficient (Wildman–Crippen LogP) is 4.24. The molecule has 7 heteroatoms. The number of carbonyl (C=O) groups is 1. The summed E-state index contributed by atoms with van der Waals surface area (Å²) in [5.41, 5.74) is 3.49. The molecule has 1 saturated heterocycles. The van der Waals surface area contributed by atoms with Gasteiger partial charge in [0.2, 0.25) is 0 Å². The Morgan fingerprint density at radius 1 is 1.16 bits per heavy atom. The number of rotatable bonds is 7. The van der Waals surface area contributed by atoms with E-state index in [0.717, 1.165) is 42.6 Å². The highest BCUT2D eigenvalue weighted by atomic mass is 16.5. The summed E-state index contributed by atoms with van der Waals surface area (Å²) in [5.74, 6) is 2.61. The first-order valence-electron chi connectivity index (χ1n) is 13.3. The molecule has 6 rings (SSSR count). The molecular weight excluding hydrogens is 462 g/mol. The molecule has 4 unspecified atom stereocenters. The Bertz CT molecular complexity index is 1270. The number of nitrogens with zero attached hydrogens (tertiary/aromatic N) is 4. The standard InChI is InChI=1S/C30H33N5O2/c1-37-26-4-2-3-22(15-26)30(36)35-10-9-34(25-13-23-12-24(23)14-25)18-29(35)27(28-17-32-19-33-28)11-20-5-7-21(16-31)8-6-20/h2-8,15,17,19,23-25,27,29H,9-14,18H2,1H3,(H,32,33). The van der Waals surface area contributed by atoms with Gasteiger partial charge in [-0.05, 0) is 73.4 Å². The van der Waals surface area contributed by atoms with E-state index in [4.69, 9.17) is 4.74 Å². The number of nitrogens with one attached hydrogen (secondary N) is 1. The molecule has 37 heavy (non-hydrogen) atoms. The number of methoxy groups -OCH3 is 1. The van der Waals surface area contributed by atoms with E-state index in [1.165, 1.54) is 19.3 Å². The number of fused-ring (bicyclic) bond motifs is 1. The van der Waals surface area contributed by atoms with E-state index in [1.807, 2.05) is 54.7 Å². The van der Waals surface area contributed by atoms with Crippen LogP contribution in [0.3, 0.4) is 0 Å². The second-order valence-electron chi connectivity index (χ2n) is 10.8. The predicted molar refractivity (Wildman–Crippen MR) is 140 cm³/mol. The number of ether oxygens (including phenoxy) is 1. The molecule has 1 aliphatic heterocycles. The Morgan fingerprint density at radius 2 is 1.97 bits per heavy atom. The van der Waals surface area contributed by atoms with Gasteiger partial charge in [-0.1, -0.05) is 18.2 Å². The summed E-state index contributed by atoms with van der Waals surface area (Å²) >= 11 is 0. The van der Waals surface area contributed by atoms with E-state index in [0.29, 0.717) is 29.5 Å². The van der Waals surface area contributed by atoms with Crippen LogP contribution in [0, 0.1) is 23.2 Å². The van der Waals surface area contributed by atoms with E-state index < -0.39 is 0 Å². The molecule has 3 aromatic rings. The molecule has 2 saturated carbocycles. The van der Waals surface area contributed by atoms with E-state index >= 15 is 0 Å². The molecule has 1 N–H and O–H groups in total. The zero-order valence-corrected chi connectivity index (χ0v) is 21.2. The Kier molecular flexibility index (Phi) is 6.43. The van der Waals surface area contributed by atoms with Gasteiger partial charge in [0.15, 0.2) is 0 Å². The van der Waals surface area contributed by atoms with Crippen LogP contribution in [-0.2, 0) is 6.42 Å². The summed E-state index contributed by atoms with van der Waals surface area (Å²) in [6.45, 7) is 2.45. The minimum Gasteiger partial charge on any atom is -0.497 e. The maximum Gasteiger partial charge on any atom is 0.254 e. The van der Waals surface area contributed by atoms with Crippen molar-refractivity contribution < 1.29 is 9.53 Å². The van der Waals surface area contributed by atoms with Gasteiger partial charge in [-0.15, -0.1) is 0 Å². The van der Waals surface area contributed by atoms with Crippen molar-refractivity contribution in [2.75, 3.05) is 26.7 Å². The van der Waals surface area contributed by atoms with Gasteiger partial charge in [-0.3, -0.25) is 9.69 Å². The lowest BCUT2D eigenvalue weighted by Crippen LogP contribution is -2.59. The molecule has 0 spiro atoms. The number of nitriles is 1. The Balaban J connectivity index is 1.33. The third kappa shape index (κ3) is 4.86. The van der Waals surface area contributed by atoms with Crippen LogP contribution in [0.2, 0.25) is 0 Å². The molecule has 1 amide bonds. The van der Waals surface area contributed by atoms with E-state index in [2.05, 4.69) is 25.8 Å². The molecule has 190 valence electrons. The third-order valence-electron chi connectivity index (χ3n) is 8.68. The maximum absolute atomic E-state index is 14.0. The van der Waals surface area contributed by atoms with Crippen molar-refractivity contribution in [1.82, 2.24) is 19.8 Å². The number of hydrogen-bond donors (Lipinski definition) is 1. The minimum absolute atomic E-state index is 0.0135. The number of H-pyrrole nitrogens is 1. The molecule has 0 radical (unpaired) electrons. The first kappa shape index (κ1) is 23.7. The minimum atomic E-state index is -0.0135. The molecule has 2 aliphatic carbocycles. The highest BCUT2D eigenvalue weighted by Gasteiger charge is 2.49. The van der Waals surface area contributed by atoms with Crippen molar-refractivity contribution in [2.24, 2.45) is 11.8 Å². The molecule has 0 bridgehead atoms. The van der Waals surface area contributed by atoms with Crippen molar-refractivity contribution >= 4 is 5.91 Å². The van der Waals surface area contributed by atoms with Crippen LogP contribution in [-0.4, -0.2) is 64.5 Å². The summed E-state index contributed by atoms with van der Waals surface area (Å²) in [7, 11) is 1.63. The smallest absolute Gasteiger partial charge is 0.254 e. The lowest BCUT2D eigenvalue weighted by molar-refractivity contribution is 0.0262. The van der Waals surface area contributed by atoms with Crippen molar-refractivity contribution in [3.05, 3.63) is 83.4 Å². The second kappa shape index (κ2) is 10.0. The lowest BCUT2D eigenvalue weighted by Gasteiger charge is -2.47. The molecule has 3 fully saturated rings. The van der Waals surface area contributed by atoms with Crippen molar-refractivity contribution in [3.63, 3.8) is 0 Å². The average molecular weight is 496 g/mol. The zero-order chi connectivity index (χ0) is 25.4. The van der Waals surface area contributed by atoms with Gasteiger partial charge in [0.1, 0.15) is 5.75 Å². The summed E-state index contributed by atoms with van der Waals surface area (Å²) in [5, 5.41) is 9.24. The summed E-state index contributed by atoms with van der Waals surface area (Å²) in [6.07, 6.45) is 8.37. The monoisotopic (exact) mass is 495 g/mol. The van der Waals surface area contributed by atoms with Gasteiger partial charge in [0, 0.05) is 49.0 Å². The number of amides is 1. The molecule has 2 heterocycles. The molecular formula is C30H33N5O2. The van der Waals surface area contributed by atoms with Gasteiger partial charge in [-0.2, -0.15) is 5.26 Å².